The zero-order chi connectivity index (χ0) is 16.2. The van der Waals surface area contributed by atoms with Gasteiger partial charge in [-0.05, 0) is 65.3 Å². The van der Waals surface area contributed by atoms with Gasteiger partial charge in [0.1, 0.15) is 0 Å². The minimum absolute atomic E-state index is 0.175. The van der Waals surface area contributed by atoms with Crippen molar-refractivity contribution in [3.05, 3.63) is 70.8 Å². The van der Waals surface area contributed by atoms with Crippen LogP contribution in [0, 0.1) is 13.8 Å². The molecule has 0 saturated carbocycles. The molecule has 0 saturated heterocycles. The molecule has 0 atom stereocenters. The summed E-state index contributed by atoms with van der Waals surface area (Å²) >= 11 is 0. The molecule has 1 aliphatic carbocycles. The Kier molecular flexibility index (Phi) is 3.13. The molecule has 116 valence electrons. The lowest BCUT2D eigenvalue weighted by atomic mass is 9.73. The molecule has 1 aliphatic rings. The van der Waals surface area contributed by atoms with Gasteiger partial charge < -0.3 is 0 Å². The Bertz CT molecular complexity index is 911. The average Bonchev–Trinajstić information content (AvgIpc) is 2.85. The van der Waals surface area contributed by atoms with Crippen LogP contribution in [0.15, 0.2) is 48.5 Å². The van der Waals surface area contributed by atoms with Crippen LogP contribution < -0.4 is 0 Å². The van der Waals surface area contributed by atoms with Crippen molar-refractivity contribution in [1.29, 1.82) is 0 Å². The van der Waals surface area contributed by atoms with Gasteiger partial charge >= 0.3 is 0 Å². The predicted octanol–water partition coefficient (Wildman–Crippen LogP) is 6.54. The fourth-order valence-corrected chi connectivity index (χ4v) is 4.63. The Balaban J connectivity index is 2.19. The summed E-state index contributed by atoms with van der Waals surface area (Å²) in [4.78, 5) is 0. The number of hydrogen-bond acceptors (Lipinski definition) is 0. The fraction of sp³-hybridized carbons (Fsp3) is 0.304. The van der Waals surface area contributed by atoms with Crippen LogP contribution in [0.1, 0.15) is 48.9 Å². The van der Waals surface area contributed by atoms with E-state index in [0.717, 1.165) is 12.8 Å². The molecule has 0 heterocycles. The third kappa shape index (κ3) is 1.78. The number of hydrogen-bond donors (Lipinski definition) is 0. The quantitative estimate of drug-likeness (QED) is 0.504. The zero-order valence-electron chi connectivity index (χ0n) is 14.5. The number of fused-ring (bicyclic) bond motifs is 5. The molecule has 0 radical (unpaired) electrons. The van der Waals surface area contributed by atoms with Crippen molar-refractivity contribution in [2.24, 2.45) is 0 Å². The van der Waals surface area contributed by atoms with Gasteiger partial charge in [-0.15, -0.1) is 0 Å². The highest BCUT2D eigenvalue weighted by molar-refractivity contribution is 6.03. The number of benzene rings is 3. The normalized spacial score (nSPS) is 14.8. The van der Waals surface area contributed by atoms with Gasteiger partial charge in [-0.1, -0.05) is 67.9 Å². The van der Waals surface area contributed by atoms with Gasteiger partial charge in [0.25, 0.3) is 0 Å². The predicted molar refractivity (Wildman–Crippen MR) is 100 cm³/mol. The first-order valence-corrected chi connectivity index (χ1v) is 8.76. The molecule has 0 N–H and O–H groups in total. The summed E-state index contributed by atoms with van der Waals surface area (Å²) in [6.45, 7) is 9.10. The largest absolute Gasteiger partial charge is 0.0642 e. The fourth-order valence-electron chi connectivity index (χ4n) is 4.63. The molecular formula is C23H24. The monoisotopic (exact) mass is 300 g/mol. The highest BCUT2D eigenvalue weighted by Gasteiger charge is 2.41. The molecule has 0 spiro atoms. The molecule has 0 fully saturated rings. The highest BCUT2D eigenvalue weighted by Crippen LogP contribution is 2.54. The van der Waals surface area contributed by atoms with Crippen LogP contribution in [0.25, 0.3) is 21.9 Å². The van der Waals surface area contributed by atoms with Crippen molar-refractivity contribution >= 4 is 10.8 Å². The van der Waals surface area contributed by atoms with Crippen LogP contribution >= 0.6 is 0 Å². The zero-order valence-corrected chi connectivity index (χ0v) is 14.5. The summed E-state index contributed by atoms with van der Waals surface area (Å²) in [5.74, 6) is 0. The van der Waals surface area contributed by atoms with Gasteiger partial charge in [-0.25, -0.2) is 0 Å². The Labute approximate surface area is 139 Å². The summed E-state index contributed by atoms with van der Waals surface area (Å²) < 4.78 is 0. The molecule has 0 aromatic heterocycles. The van der Waals surface area contributed by atoms with Crippen LogP contribution in [0.4, 0.5) is 0 Å². The van der Waals surface area contributed by atoms with Crippen molar-refractivity contribution in [3.8, 4) is 11.1 Å². The van der Waals surface area contributed by atoms with Crippen LogP contribution in [0.5, 0.6) is 0 Å². The van der Waals surface area contributed by atoms with Crippen LogP contribution in [0.2, 0.25) is 0 Å². The first-order chi connectivity index (χ1) is 11.1. The van der Waals surface area contributed by atoms with Crippen molar-refractivity contribution in [2.75, 3.05) is 0 Å². The third-order valence-corrected chi connectivity index (χ3v) is 5.96. The maximum Gasteiger partial charge on any atom is 0.0210 e. The minimum atomic E-state index is 0.175. The van der Waals surface area contributed by atoms with E-state index in [2.05, 4.69) is 76.2 Å². The standard InChI is InChI=1S/C23H24/c1-5-23(6-2)20-13-12-17-16(4)8-7-9-18(17)22(20)19-11-10-15(3)14-21(19)23/h7-14H,5-6H2,1-4H3. The second-order valence-electron chi connectivity index (χ2n) is 7.00. The SMILES string of the molecule is CCC1(CC)c2cc(C)ccc2-c2c1ccc1c(C)cccc21. The summed E-state index contributed by atoms with van der Waals surface area (Å²) in [5.41, 5.74) is 8.89. The van der Waals surface area contributed by atoms with E-state index in [4.69, 9.17) is 0 Å². The van der Waals surface area contributed by atoms with Crippen molar-refractivity contribution < 1.29 is 0 Å². The molecule has 0 heteroatoms. The third-order valence-electron chi connectivity index (χ3n) is 5.96. The van der Waals surface area contributed by atoms with Gasteiger partial charge in [0.05, 0.1) is 0 Å². The first kappa shape index (κ1) is 14.5. The molecule has 0 unspecified atom stereocenters. The number of rotatable bonds is 2. The Morgan fingerprint density at radius 2 is 1.57 bits per heavy atom. The second-order valence-corrected chi connectivity index (χ2v) is 7.00. The van der Waals surface area contributed by atoms with Crippen LogP contribution in [-0.2, 0) is 5.41 Å². The van der Waals surface area contributed by atoms with Gasteiger partial charge in [0, 0.05) is 5.41 Å². The lowest BCUT2D eigenvalue weighted by Gasteiger charge is -2.30. The summed E-state index contributed by atoms with van der Waals surface area (Å²) in [5, 5.41) is 2.80. The molecule has 3 aromatic rings. The van der Waals surface area contributed by atoms with E-state index in [1.165, 1.54) is 44.2 Å². The van der Waals surface area contributed by atoms with Gasteiger partial charge in [0.2, 0.25) is 0 Å². The van der Waals surface area contributed by atoms with Gasteiger partial charge in [0.15, 0.2) is 0 Å². The smallest absolute Gasteiger partial charge is 0.0210 e. The van der Waals surface area contributed by atoms with E-state index in [9.17, 15) is 0 Å². The van der Waals surface area contributed by atoms with E-state index in [-0.39, 0.29) is 5.41 Å². The molecular weight excluding hydrogens is 276 g/mol. The Hall–Kier alpha value is -2.08. The molecule has 3 aromatic carbocycles. The molecule has 0 amide bonds. The molecule has 4 rings (SSSR count). The van der Waals surface area contributed by atoms with Crippen molar-refractivity contribution in [3.63, 3.8) is 0 Å². The van der Waals surface area contributed by atoms with Gasteiger partial charge in [-0.3, -0.25) is 0 Å². The summed E-state index contributed by atoms with van der Waals surface area (Å²) in [6.07, 6.45) is 2.31. The van der Waals surface area contributed by atoms with Crippen LogP contribution in [0.3, 0.4) is 0 Å². The second kappa shape index (κ2) is 4.96. The van der Waals surface area contributed by atoms with Crippen molar-refractivity contribution in [1.82, 2.24) is 0 Å². The lowest BCUT2D eigenvalue weighted by Crippen LogP contribution is -2.23. The Morgan fingerprint density at radius 1 is 0.783 bits per heavy atom. The molecule has 23 heavy (non-hydrogen) atoms. The van der Waals surface area contributed by atoms with Gasteiger partial charge in [-0.2, -0.15) is 0 Å². The molecule has 0 bridgehead atoms. The van der Waals surface area contributed by atoms with E-state index >= 15 is 0 Å². The minimum Gasteiger partial charge on any atom is -0.0642 e. The molecule has 0 aliphatic heterocycles. The topological polar surface area (TPSA) is 0 Å². The van der Waals surface area contributed by atoms with Crippen LogP contribution in [-0.4, -0.2) is 0 Å². The maximum atomic E-state index is 2.42. The van der Waals surface area contributed by atoms with E-state index in [1.54, 1.807) is 0 Å². The van der Waals surface area contributed by atoms with E-state index in [1.807, 2.05) is 0 Å². The number of aryl methyl sites for hydroxylation is 2. The first-order valence-electron chi connectivity index (χ1n) is 8.76. The van der Waals surface area contributed by atoms with E-state index in [0.29, 0.717) is 0 Å². The summed E-state index contributed by atoms with van der Waals surface area (Å²) in [7, 11) is 0. The van der Waals surface area contributed by atoms with Crippen molar-refractivity contribution in [2.45, 2.75) is 46.0 Å². The van der Waals surface area contributed by atoms with E-state index < -0.39 is 0 Å². The highest BCUT2D eigenvalue weighted by atomic mass is 14.4. The molecule has 0 nitrogen and oxygen atoms in total. The maximum absolute atomic E-state index is 2.42. The summed E-state index contributed by atoms with van der Waals surface area (Å²) in [6, 6.07) is 18.5. The lowest BCUT2D eigenvalue weighted by molar-refractivity contribution is 0.490. The Morgan fingerprint density at radius 3 is 2.30 bits per heavy atom. The average molecular weight is 300 g/mol.